The van der Waals surface area contributed by atoms with Crippen LogP contribution < -0.4 is 0 Å². The van der Waals surface area contributed by atoms with Gasteiger partial charge < -0.3 is 5.11 Å². The maximum atomic E-state index is 9.16. The highest BCUT2D eigenvalue weighted by Crippen LogP contribution is 2.07. The Balaban J connectivity index is 2.93. The highest BCUT2D eigenvalue weighted by Gasteiger charge is 2.29. The van der Waals surface area contributed by atoms with Gasteiger partial charge in [-0.25, -0.2) is 0 Å². The first-order valence-electron chi connectivity index (χ1n) is 4.67. The molecular weight excluding hydrogens is 166 g/mol. The van der Waals surface area contributed by atoms with Crippen LogP contribution in [-0.4, -0.2) is 72.8 Å². The molecule has 0 amide bonds. The molecule has 0 radical (unpaired) electrons. The molecule has 0 aliphatic carbocycles. The van der Waals surface area contributed by atoms with E-state index in [-0.39, 0.29) is 12.6 Å². The van der Waals surface area contributed by atoms with Crippen LogP contribution in [0, 0.1) is 0 Å². The molecule has 4 nitrogen and oxygen atoms in total. The minimum absolute atomic E-state index is 0.238. The maximum Gasteiger partial charge on any atom is 0.349 e. The Hall–Kier alpha value is -0.770. The lowest BCUT2D eigenvalue weighted by Gasteiger charge is -2.30. The van der Waals surface area contributed by atoms with Gasteiger partial charge in [-0.15, -0.1) is 0 Å². The molecule has 1 aliphatic rings. The zero-order valence-corrected chi connectivity index (χ0v) is 8.99. The molecule has 0 spiro atoms. The van der Waals surface area contributed by atoms with Gasteiger partial charge in [0.15, 0.2) is 0 Å². The second kappa shape index (κ2) is 3.96. The Bertz CT molecular complexity index is 213. The van der Waals surface area contributed by atoms with Gasteiger partial charge in [0.1, 0.15) is 6.04 Å². The molecule has 0 fully saturated rings. The summed E-state index contributed by atoms with van der Waals surface area (Å²) in [5.74, 6) is 1.17. The third-order valence-electron chi connectivity index (χ3n) is 2.61. The highest BCUT2D eigenvalue weighted by molar-refractivity contribution is 5.74. The summed E-state index contributed by atoms with van der Waals surface area (Å²) < 4.78 is 2.14. The number of nitrogens with zero attached hydrogens (tertiary/aromatic N) is 3. The zero-order valence-electron chi connectivity index (χ0n) is 8.99. The van der Waals surface area contributed by atoms with Gasteiger partial charge in [-0.05, 0) is 0 Å². The fraction of sp³-hybridized carbons (Fsp3) is 0.889. The van der Waals surface area contributed by atoms with Crippen LogP contribution in [0.1, 0.15) is 6.42 Å². The quantitative estimate of drug-likeness (QED) is 0.546. The van der Waals surface area contributed by atoms with Gasteiger partial charge in [-0.1, -0.05) is 0 Å². The van der Waals surface area contributed by atoms with E-state index in [2.05, 4.69) is 21.4 Å². The largest absolute Gasteiger partial charge is 0.393 e. The van der Waals surface area contributed by atoms with E-state index in [0.717, 1.165) is 13.0 Å². The number of rotatable bonds is 1. The predicted molar refractivity (Wildman–Crippen MR) is 53.0 cm³/mol. The third kappa shape index (κ3) is 1.94. The van der Waals surface area contributed by atoms with Crippen molar-refractivity contribution >= 4 is 5.96 Å². The molecule has 13 heavy (non-hydrogen) atoms. The molecule has 0 saturated heterocycles. The smallest absolute Gasteiger partial charge is 0.349 e. The van der Waals surface area contributed by atoms with Gasteiger partial charge in [0.25, 0.3) is 0 Å². The lowest BCUT2D eigenvalue weighted by Crippen LogP contribution is -2.52. The summed E-state index contributed by atoms with van der Waals surface area (Å²) in [6.45, 7) is 1.25. The Kier molecular flexibility index (Phi) is 3.14. The van der Waals surface area contributed by atoms with Crippen LogP contribution >= 0.6 is 0 Å². The summed E-state index contributed by atoms with van der Waals surface area (Å²) >= 11 is 0. The summed E-state index contributed by atoms with van der Waals surface area (Å²) in [6, 6.07) is 0.272. The van der Waals surface area contributed by atoms with E-state index in [1.165, 1.54) is 5.96 Å². The van der Waals surface area contributed by atoms with E-state index in [1.54, 1.807) is 0 Å². The fourth-order valence-electron chi connectivity index (χ4n) is 1.94. The van der Waals surface area contributed by atoms with Crippen molar-refractivity contribution in [3.63, 3.8) is 0 Å². The molecule has 0 aromatic rings. The molecule has 0 aromatic heterocycles. The summed E-state index contributed by atoms with van der Waals surface area (Å²) in [4.78, 5) is 4.30. The maximum absolute atomic E-state index is 9.16. The normalized spacial score (nSPS) is 23.8. The van der Waals surface area contributed by atoms with Crippen molar-refractivity contribution in [3.8, 4) is 0 Å². The van der Waals surface area contributed by atoms with Crippen LogP contribution in [0.2, 0.25) is 0 Å². The predicted octanol–water partition coefficient (Wildman–Crippen LogP) is -0.757. The first-order valence-corrected chi connectivity index (χ1v) is 4.67. The van der Waals surface area contributed by atoms with Crippen molar-refractivity contribution in [3.05, 3.63) is 0 Å². The van der Waals surface area contributed by atoms with Gasteiger partial charge in [0, 0.05) is 6.42 Å². The molecule has 1 aliphatic heterocycles. The van der Waals surface area contributed by atoms with E-state index in [1.807, 2.05) is 21.1 Å². The van der Waals surface area contributed by atoms with Crippen molar-refractivity contribution in [1.82, 2.24) is 9.80 Å². The average Bonchev–Trinajstić information content (AvgIpc) is 2.04. The van der Waals surface area contributed by atoms with Crippen molar-refractivity contribution in [1.29, 1.82) is 0 Å². The summed E-state index contributed by atoms with van der Waals surface area (Å²) in [5, 5.41) is 9.16. The molecule has 0 aromatic carbocycles. The Morgan fingerprint density at radius 3 is 2.69 bits per heavy atom. The molecule has 1 N–H and O–H groups in total. The highest BCUT2D eigenvalue weighted by atomic mass is 16.3. The number of likely N-dealkylation sites (N-methyl/N-ethyl adjacent to an activating group) is 1. The van der Waals surface area contributed by atoms with Crippen LogP contribution in [0.3, 0.4) is 0 Å². The minimum Gasteiger partial charge on any atom is -0.393 e. The molecule has 4 heteroatoms. The van der Waals surface area contributed by atoms with E-state index < -0.39 is 0 Å². The second-order valence-electron chi connectivity index (χ2n) is 3.85. The van der Waals surface area contributed by atoms with E-state index >= 15 is 0 Å². The van der Waals surface area contributed by atoms with E-state index in [4.69, 9.17) is 5.11 Å². The van der Waals surface area contributed by atoms with Crippen LogP contribution in [0.15, 0.2) is 0 Å². The molecule has 76 valence electrons. The third-order valence-corrected chi connectivity index (χ3v) is 2.61. The van der Waals surface area contributed by atoms with E-state index in [0.29, 0.717) is 0 Å². The Morgan fingerprint density at radius 1 is 1.62 bits per heavy atom. The molecule has 1 unspecified atom stereocenters. The molecule has 1 atom stereocenters. The molecule has 1 rings (SSSR count). The summed E-state index contributed by atoms with van der Waals surface area (Å²) in [5.41, 5.74) is 0. The summed E-state index contributed by atoms with van der Waals surface area (Å²) in [6.07, 6.45) is 1.03. The standard InChI is InChI=1S/C9H20N3O/c1-10(2)9-11(3)6-5-8(7-13)12(9)4/h8,13H,5-7H2,1-4H3/q+1. The number of hydrogen-bond donors (Lipinski definition) is 1. The minimum atomic E-state index is 0.238. The lowest BCUT2D eigenvalue weighted by atomic mass is 10.2. The van der Waals surface area contributed by atoms with Gasteiger partial charge in [0.05, 0.1) is 41.3 Å². The number of aliphatic hydroxyl groups excluding tert-OH is 1. The van der Waals surface area contributed by atoms with Crippen molar-refractivity contribution in [2.45, 2.75) is 12.5 Å². The van der Waals surface area contributed by atoms with Crippen LogP contribution in [0.5, 0.6) is 0 Å². The summed E-state index contributed by atoms with van der Waals surface area (Å²) in [7, 11) is 8.18. The number of guanidine groups is 1. The number of hydrogen-bond acceptors (Lipinski definition) is 3. The van der Waals surface area contributed by atoms with Crippen LogP contribution in [-0.2, 0) is 0 Å². The van der Waals surface area contributed by atoms with Crippen LogP contribution in [0.25, 0.3) is 0 Å². The van der Waals surface area contributed by atoms with Gasteiger partial charge in [0.2, 0.25) is 0 Å². The van der Waals surface area contributed by atoms with Crippen molar-refractivity contribution < 1.29 is 9.68 Å². The average molecular weight is 186 g/mol. The Labute approximate surface area is 80.1 Å². The lowest BCUT2D eigenvalue weighted by molar-refractivity contribution is -0.557. The molecule has 0 saturated carbocycles. The van der Waals surface area contributed by atoms with E-state index in [9.17, 15) is 0 Å². The van der Waals surface area contributed by atoms with Gasteiger partial charge >= 0.3 is 5.96 Å². The fourth-order valence-corrected chi connectivity index (χ4v) is 1.94. The first-order chi connectivity index (χ1) is 6.07. The van der Waals surface area contributed by atoms with Gasteiger partial charge in [-0.3, -0.25) is 14.4 Å². The molecule has 0 bridgehead atoms. The molecular formula is C9H20N3O+. The first kappa shape index (κ1) is 10.3. The van der Waals surface area contributed by atoms with Crippen molar-refractivity contribution in [2.75, 3.05) is 41.3 Å². The molecule has 1 heterocycles. The zero-order chi connectivity index (χ0) is 10.0. The number of aliphatic hydroxyl groups is 1. The second-order valence-corrected chi connectivity index (χ2v) is 3.85. The Morgan fingerprint density at radius 2 is 2.23 bits per heavy atom. The van der Waals surface area contributed by atoms with Gasteiger partial charge in [-0.2, -0.15) is 0 Å². The SMILES string of the molecule is CN(C)C1=[N+](C)C(CO)CCN1C. The van der Waals surface area contributed by atoms with Crippen LogP contribution in [0.4, 0.5) is 0 Å². The van der Waals surface area contributed by atoms with Crippen molar-refractivity contribution in [2.24, 2.45) is 0 Å². The topological polar surface area (TPSA) is 29.7 Å². The monoisotopic (exact) mass is 186 g/mol.